The molecule has 4 nitrogen and oxygen atoms in total. The van der Waals surface area contributed by atoms with Gasteiger partial charge >= 0.3 is 0 Å². The first kappa shape index (κ1) is 16.0. The molecular weight excluding hydrogens is 264 g/mol. The minimum absolute atomic E-state index is 0.0354. The van der Waals surface area contributed by atoms with Crippen molar-refractivity contribution < 1.29 is 9.53 Å². The second kappa shape index (κ2) is 8.80. The number of benzene rings is 1. The van der Waals surface area contributed by atoms with Crippen LogP contribution in [0.15, 0.2) is 30.3 Å². The van der Waals surface area contributed by atoms with Gasteiger partial charge in [0.1, 0.15) is 0 Å². The predicted molar refractivity (Wildman–Crippen MR) is 84.0 cm³/mol. The van der Waals surface area contributed by atoms with E-state index in [1.807, 2.05) is 37.3 Å². The lowest BCUT2D eigenvalue weighted by atomic mass is 9.96. The van der Waals surface area contributed by atoms with Crippen molar-refractivity contribution in [2.75, 3.05) is 26.2 Å². The summed E-state index contributed by atoms with van der Waals surface area (Å²) < 4.78 is 5.61. The third-order valence-electron chi connectivity index (χ3n) is 3.92. The van der Waals surface area contributed by atoms with Crippen molar-refractivity contribution in [3.05, 3.63) is 35.9 Å². The molecule has 2 rings (SSSR count). The molecule has 1 fully saturated rings. The van der Waals surface area contributed by atoms with Gasteiger partial charge in [-0.25, -0.2) is 0 Å². The van der Waals surface area contributed by atoms with Gasteiger partial charge in [-0.05, 0) is 50.8 Å². The van der Waals surface area contributed by atoms with Gasteiger partial charge in [-0.1, -0.05) is 30.3 Å². The van der Waals surface area contributed by atoms with E-state index in [1.54, 1.807) is 0 Å². The SMILES string of the molecule is CCOC(C(=O)NCCC1CCCNC1)c1ccccc1. The van der Waals surface area contributed by atoms with Crippen LogP contribution in [-0.4, -0.2) is 32.1 Å². The van der Waals surface area contributed by atoms with E-state index in [0.717, 1.165) is 31.6 Å². The van der Waals surface area contributed by atoms with Gasteiger partial charge < -0.3 is 15.4 Å². The summed E-state index contributed by atoms with van der Waals surface area (Å²) in [6.45, 7) is 5.37. The third-order valence-corrected chi connectivity index (χ3v) is 3.92. The maximum atomic E-state index is 12.3. The van der Waals surface area contributed by atoms with E-state index in [-0.39, 0.29) is 5.91 Å². The number of rotatable bonds is 7. The van der Waals surface area contributed by atoms with Gasteiger partial charge in [0.2, 0.25) is 0 Å². The zero-order valence-electron chi connectivity index (χ0n) is 12.8. The van der Waals surface area contributed by atoms with Crippen LogP contribution in [0.5, 0.6) is 0 Å². The first-order chi connectivity index (χ1) is 10.3. The molecule has 21 heavy (non-hydrogen) atoms. The Morgan fingerprint density at radius 3 is 2.90 bits per heavy atom. The molecule has 0 radical (unpaired) electrons. The zero-order chi connectivity index (χ0) is 14.9. The van der Waals surface area contributed by atoms with Crippen LogP contribution >= 0.6 is 0 Å². The number of piperidine rings is 1. The second-order valence-corrected chi connectivity index (χ2v) is 5.54. The van der Waals surface area contributed by atoms with Crippen LogP contribution in [-0.2, 0) is 9.53 Å². The molecule has 1 aliphatic rings. The molecule has 0 aliphatic carbocycles. The Morgan fingerprint density at radius 2 is 2.24 bits per heavy atom. The fraction of sp³-hybridized carbons (Fsp3) is 0.588. The molecule has 0 bridgehead atoms. The number of carbonyl (C=O) groups is 1. The van der Waals surface area contributed by atoms with Gasteiger partial charge in [-0.3, -0.25) is 4.79 Å². The van der Waals surface area contributed by atoms with Crippen LogP contribution in [0.1, 0.15) is 37.9 Å². The van der Waals surface area contributed by atoms with E-state index in [1.165, 1.54) is 12.8 Å². The topological polar surface area (TPSA) is 50.4 Å². The van der Waals surface area contributed by atoms with E-state index < -0.39 is 6.10 Å². The van der Waals surface area contributed by atoms with Crippen molar-refractivity contribution >= 4 is 5.91 Å². The number of amides is 1. The molecule has 1 aromatic rings. The minimum Gasteiger partial charge on any atom is -0.364 e. The summed E-state index contributed by atoms with van der Waals surface area (Å²) in [7, 11) is 0. The van der Waals surface area contributed by atoms with Crippen molar-refractivity contribution in [1.82, 2.24) is 10.6 Å². The summed E-state index contributed by atoms with van der Waals surface area (Å²) in [5.74, 6) is 0.646. The van der Waals surface area contributed by atoms with Gasteiger partial charge in [0.05, 0.1) is 0 Å². The fourth-order valence-electron chi connectivity index (χ4n) is 2.78. The molecule has 116 valence electrons. The Balaban J connectivity index is 1.81. The number of hydrogen-bond acceptors (Lipinski definition) is 3. The lowest BCUT2D eigenvalue weighted by Crippen LogP contribution is -2.35. The second-order valence-electron chi connectivity index (χ2n) is 5.54. The zero-order valence-corrected chi connectivity index (χ0v) is 12.8. The summed E-state index contributed by atoms with van der Waals surface area (Å²) in [5, 5.41) is 6.43. The Labute approximate surface area is 127 Å². The minimum atomic E-state index is -0.499. The molecule has 2 unspecified atom stereocenters. The molecule has 1 amide bonds. The summed E-state index contributed by atoms with van der Waals surface area (Å²) in [4.78, 5) is 12.3. The van der Waals surface area contributed by atoms with Crippen molar-refractivity contribution in [3.8, 4) is 0 Å². The summed E-state index contributed by atoms with van der Waals surface area (Å²) in [6, 6.07) is 9.68. The number of ether oxygens (including phenoxy) is 1. The Hall–Kier alpha value is -1.39. The van der Waals surface area contributed by atoms with Gasteiger partial charge in [-0.2, -0.15) is 0 Å². The molecule has 1 aliphatic heterocycles. The van der Waals surface area contributed by atoms with Gasteiger partial charge in [0.25, 0.3) is 5.91 Å². The Morgan fingerprint density at radius 1 is 1.43 bits per heavy atom. The van der Waals surface area contributed by atoms with Crippen LogP contribution in [0.2, 0.25) is 0 Å². The largest absolute Gasteiger partial charge is 0.364 e. The highest BCUT2D eigenvalue weighted by atomic mass is 16.5. The Kier molecular flexibility index (Phi) is 6.70. The van der Waals surface area contributed by atoms with E-state index in [4.69, 9.17) is 4.74 Å². The lowest BCUT2D eigenvalue weighted by Gasteiger charge is -2.23. The summed E-state index contributed by atoms with van der Waals surface area (Å²) in [5.41, 5.74) is 0.913. The van der Waals surface area contributed by atoms with E-state index in [2.05, 4.69) is 10.6 Å². The van der Waals surface area contributed by atoms with Crippen molar-refractivity contribution in [3.63, 3.8) is 0 Å². The number of nitrogens with one attached hydrogen (secondary N) is 2. The average Bonchev–Trinajstić information content (AvgIpc) is 2.54. The van der Waals surface area contributed by atoms with Crippen molar-refractivity contribution in [2.24, 2.45) is 5.92 Å². The van der Waals surface area contributed by atoms with Crippen LogP contribution in [0, 0.1) is 5.92 Å². The first-order valence-electron chi connectivity index (χ1n) is 7.96. The fourth-order valence-corrected chi connectivity index (χ4v) is 2.78. The molecule has 2 N–H and O–H groups in total. The lowest BCUT2D eigenvalue weighted by molar-refractivity contribution is -0.133. The van der Waals surface area contributed by atoms with Crippen LogP contribution in [0.25, 0.3) is 0 Å². The number of hydrogen-bond donors (Lipinski definition) is 2. The molecular formula is C17H26N2O2. The average molecular weight is 290 g/mol. The quantitative estimate of drug-likeness (QED) is 0.810. The smallest absolute Gasteiger partial charge is 0.253 e. The van der Waals surface area contributed by atoms with Crippen LogP contribution < -0.4 is 10.6 Å². The van der Waals surface area contributed by atoms with Crippen molar-refractivity contribution in [2.45, 2.75) is 32.3 Å². The summed E-state index contributed by atoms with van der Waals surface area (Å²) >= 11 is 0. The molecule has 0 saturated carbocycles. The van der Waals surface area contributed by atoms with Gasteiger partial charge in [0, 0.05) is 13.2 Å². The molecule has 2 atom stereocenters. The predicted octanol–water partition coefficient (Wildman–Crippen LogP) is 2.27. The molecule has 0 aromatic heterocycles. The highest BCUT2D eigenvalue weighted by Gasteiger charge is 2.21. The Bertz CT molecular complexity index is 416. The van der Waals surface area contributed by atoms with Gasteiger partial charge in [0.15, 0.2) is 6.10 Å². The van der Waals surface area contributed by atoms with E-state index >= 15 is 0 Å². The van der Waals surface area contributed by atoms with E-state index in [9.17, 15) is 4.79 Å². The highest BCUT2D eigenvalue weighted by molar-refractivity contribution is 5.82. The maximum Gasteiger partial charge on any atom is 0.253 e. The molecule has 4 heteroatoms. The normalized spacial score (nSPS) is 20.0. The standard InChI is InChI=1S/C17H26N2O2/c1-2-21-16(15-8-4-3-5-9-15)17(20)19-12-10-14-7-6-11-18-13-14/h3-5,8-9,14,16,18H,2,6-7,10-13H2,1H3,(H,19,20). The molecule has 1 aromatic carbocycles. The monoisotopic (exact) mass is 290 g/mol. The van der Waals surface area contributed by atoms with Crippen LogP contribution in [0.3, 0.4) is 0 Å². The van der Waals surface area contributed by atoms with Crippen LogP contribution in [0.4, 0.5) is 0 Å². The highest BCUT2D eigenvalue weighted by Crippen LogP contribution is 2.18. The molecule has 1 saturated heterocycles. The van der Waals surface area contributed by atoms with E-state index in [0.29, 0.717) is 12.5 Å². The molecule has 0 spiro atoms. The maximum absolute atomic E-state index is 12.3. The number of carbonyl (C=O) groups excluding carboxylic acids is 1. The third kappa shape index (κ3) is 5.14. The first-order valence-corrected chi connectivity index (χ1v) is 7.96. The summed E-state index contributed by atoms with van der Waals surface area (Å²) in [6.07, 6.45) is 3.04. The van der Waals surface area contributed by atoms with Gasteiger partial charge in [-0.15, -0.1) is 0 Å². The molecule has 1 heterocycles. The van der Waals surface area contributed by atoms with Crippen molar-refractivity contribution in [1.29, 1.82) is 0 Å².